The second-order valence-electron chi connectivity index (χ2n) is 11.7. The number of nitrogens with two attached hydrogens (primary N) is 1. The van der Waals surface area contributed by atoms with Gasteiger partial charge in [-0.2, -0.15) is 4.98 Å². The minimum atomic E-state index is -2.71. The molecule has 5 rings (SSSR count). The quantitative estimate of drug-likeness (QED) is 0.185. The number of piperidine rings is 1. The number of ether oxygens (including phenoxy) is 1. The zero-order valence-corrected chi connectivity index (χ0v) is 28.5. The van der Waals surface area contributed by atoms with Crippen molar-refractivity contribution in [2.75, 3.05) is 62.2 Å². The Morgan fingerprint density at radius 2 is 1.93 bits per heavy atom. The smallest absolute Gasteiger partial charge is 0.229 e. The van der Waals surface area contributed by atoms with E-state index >= 15 is 0 Å². The Labute approximate surface area is 268 Å². The highest BCUT2D eigenvalue weighted by Crippen LogP contribution is 2.45. The SMILES string of the molecule is COc1cc(N2CCC(NCCN)CC2)c(C)cc1Nc1ncc(Br)c(Nc2ccc3c(c2P(C)(C)=O)C(C)C=CC=N3)n1. The van der Waals surface area contributed by atoms with Gasteiger partial charge in [0, 0.05) is 67.6 Å². The molecule has 10 nitrogen and oxygen atoms in total. The molecule has 5 N–H and O–H groups in total. The molecule has 0 aliphatic carbocycles. The third-order valence-corrected chi connectivity index (χ3v) is 10.2. The van der Waals surface area contributed by atoms with E-state index in [1.807, 2.05) is 18.2 Å². The van der Waals surface area contributed by atoms with E-state index < -0.39 is 7.14 Å². The maximum Gasteiger partial charge on any atom is 0.229 e. The number of fused-ring (bicyclic) bond motifs is 1. The highest BCUT2D eigenvalue weighted by Gasteiger charge is 2.27. The fraction of sp³-hybridized carbons (Fsp3) is 0.406. The van der Waals surface area contributed by atoms with E-state index in [-0.39, 0.29) is 5.92 Å². The van der Waals surface area contributed by atoms with Gasteiger partial charge in [-0.3, -0.25) is 4.99 Å². The number of rotatable bonds is 10. The molecule has 1 atom stereocenters. The molecule has 3 aromatic rings. The molecule has 2 aliphatic rings. The molecule has 1 saturated heterocycles. The number of allylic oxidation sites excluding steroid dienone is 2. The van der Waals surface area contributed by atoms with Crippen LogP contribution in [0.3, 0.4) is 0 Å². The number of hydrogen-bond acceptors (Lipinski definition) is 10. The van der Waals surface area contributed by atoms with Gasteiger partial charge in [0.05, 0.1) is 28.6 Å². The van der Waals surface area contributed by atoms with Crippen LogP contribution in [0, 0.1) is 6.92 Å². The van der Waals surface area contributed by atoms with E-state index in [9.17, 15) is 4.57 Å². The summed E-state index contributed by atoms with van der Waals surface area (Å²) >= 11 is 3.60. The fourth-order valence-corrected chi connectivity index (χ4v) is 7.83. The van der Waals surface area contributed by atoms with Crippen LogP contribution in [0.15, 0.2) is 52.1 Å². The Balaban J connectivity index is 1.40. The number of methoxy groups -OCH3 is 1. The summed E-state index contributed by atoms with van der Waals surface area (Å²) in [4.78, 5) is 16.3. The fourth-order valence-electron chi connectivity index (χ4n) is 5.94. The number of aryl methyl sites for hydroxylation is 1. The molecule has 1 unspecified atom stereocenters. The van der Waals surface area contributed by atoms with E-state index in [2.05, 4.69) is 78.8 Å². The molecule has 3 heterocycles. The van der Waals surface area contributed by atoms with Crippen molar-refractivity contribution in [1.82, 2.24) is 15.3 Å². The molecule has 0 saturated carbocycles. The highest BCUT2D eigenvalue weighted by atomic mass is 79.9. The van der Waals surface area contributed by atoms with Crippen LogP contribution in [-0.2, 0) is 4.57 Å². The molecule has 2 aliphatic heterocycles. The van der Waals surface area contributed by atoms with Crippen LogP contribution in [0.25, 0.3) is 0 Å². The Hall–Kier alpha value is -3.24. The average molecular weight is 682 g/mol. The molecule has 2 aromatic carbocycles. The van der Waals surface area contributed by atoms with Gasteiger partial charge >= 0.3 is 0 Å². The van der Waals surface area contributed by atoms with Crippen LogP contribution in [-0.4, -0.2) is 68.8 Å². The van der Waals surface area contributed by atoms with Gasteiger partial charge in [-0.05, 0) is 84.4 Å². The Bertz CT molecular complexity index is 1610. The van der Waals surface area contributed by atoms with Crippen LogP contribution < -0.4 is 36.6 Å². The maximum atomic E-state index is 13.7. The number of nitrogens with one attached hydrogen (secondary N) is 3. The molecule has 12 heteroatoms. The normalized spacial score (nSPS) is 16.9. The molecular weight excluding hydrogens is 639 g/mol. The lowest BCUT2D eigenvalue weighted by Crippen LogP contribution is -2.44. The summed E-state index contributed by atoms with van der Waals surface area (Å²) in [5.41, 5.74) is 11.3. The molecule has 0 amide bonds. The van der Waals surface area contributed by atoms with Crippen molar-refractivity contribution in [2.24, 2.45) is 10.7 Å². The summed E-state index contributed by atoms with van der Waals surface area (Å²) in [6.45, 7) is 11.2. The summed E-state index contributed by atoms with van der Waals surface area (Å²) in [7, 11) is -1.03. The second-order valence-corrected chi connectivity index (χ2v) is 15.7. The van der Waals surface area contributed by atoms with Crippen molar-refractivity contribution >= 4 is 69.1 Å². The van der Waals surface area contributed by atoms with E-state index in [1.54, 1.807) is 32.9 Å². The third kappa shape index (κ3) is 7.18. The van der Waals surface area contributed by atoms with Crippen molar-refractivity contribution in [1.29, 1.82) is 0 Å². The standard InChI is InChI=1S/C32H42BrN8O2P/c1-20-7-6-13-36-24-8-9-25(30(29(20)24)44(4,5)42)38-31-23(33)19-37-32(40-31)39-26-17-21(2)27(18-28(26)43-3)41-15-10-22(11-16-41)35-14-12-34/h6-9,13,17-20,22,35H,10-12,14-16,34H2,1-5H3,(H2,37,38,39,40). The van der Waals surface area contributed by atoms with Gasteiger partial charge in [0.15, 0.2) is 0 Å². The van der Waals surface area contributed by atoms with Gasteiger partial charge in [0.25, 0.3) is 0 Å². The van der Waals surface area contributed by atoms with Crippen molar-refractivity contribution in [2.45, 2.75) is 38.6 Å². The molecular formula is C32H42BrN8O2P. The van der Waals surface area contributed by atoms with E-state index in [4.69, 9.17) is 15.5 Å². The van der Waals surface area contributed by atoms with Crippen molar-refractivity contribution in [3.05, 3.63) is 58.2 Å². The topological polar surface area (TPSA) is 130 Å². The molecule has 0 bridgehead atoms. The third-order valence-electron chi connectivity index (χ3n) is 8.06. The van der Waals surface area contributed by atoms with E-state index in [0.29, 0.717) is 34.6 Å². The minimum Gasteiger partial charge on any atom is -0.494 e. The monoisotopic (exact) mass is 680 g/mol. The summed E-state index contributed by atoms with van der Waals surface area (Å²) in [5.74, 6) is 1.72. The predicted molar refractivity (Wildman–Crippen MR) is 188 cm³/mol. The summed E-state index contributed by atoms with van der Waals surface area (Å²) in [6, 6.07) is 8.55. The van der Waals surface area contributed by atoms with Gasteiger partial charge in [-0.25, -0.2) is 4.98 Å². The van der Waals surface area contributed by atoms with Crippen LogP contribution in [0.1, 0.15) is 36.8 Å². The molecule has 1 fully saturated rings. The van der Waals surface area contributed by atoms with Crippen LogP contribution in [0.4, 0.5) is 34.5 Å². The van der Waals surface area contributed by atoms with E-state index in [0.717, 1.165) is 71.7 Å². The summed E-state index contributed by atoms with van der Waals surface area (Å²) in [6.07, 6.45) is 9.63. The van der Waals surface area contributed by atoms with Gasteiger partial charge in [-0.1, -0.05) is 13.0 Å². The molecule has 44 heavy (non-hydrogen) atoms. The summed E-state index contributed by atoms with van der Waals surface area (Å²) in [5, 5.41) is 11.1. The van der Waals surface area contributed by atoms with Gasteiger partial charge < -0.3 is 35.9 Å². The van der Waals surface area contributed by atoms with Gasteiger partial charge in [0.2, 0.25) is 5.95 Å². The number of aliphatic imine (C=N–C) groups is 1. The van der Waals surface area contributed by atoms with Crippen molar-refractivity contribution < 1.29 is 9.30 Å². The number of hydrogen-bond donors (Lipinski definition) is 4. The second kappa shape index (κ2) is 13.8. The number of anilines is 5. The molecule has 0 spiro atoms. The number of nitrogens with zero attached hydrogens (tertiary/aromatic N) is 4. The minimum absolute atomic E-state index is 0.0569. The zero-order valence-electron chi connectivity index (χ0n) is 26.0. The lowest BCUT2D eigenvalue weighted by molar-refractivity contribution is 0.412. The van der Waals surface area contributed by atoms with Gasteiger partial charge in [-0.15, -0.1) is 0 Å². The molecule has 0 radical (unpaired) electrons. The van der Waals surface area contributed by atoms with Crippen LogP contribution in [0.5, 0.6) is 5.75 Å². The Kier molecular flexibility index (Phi) is 10.1. The molecule has 1 aromatic heterocycles. The lowest BCUT2D eigenvalue weighted by Gasteiger charge is -2.35. The maximum absolute atomic E-state index is 13.7. The first-order chi connectivity index (χ1) is 21.1. The highest BCUT2D eigenvalue weighted by molar-refractivity contribution is 9.10. The first-order valence-corrected chi connectivity index (χ1v) is 18.4. The lowest BCUT2D eigenvalue weighted by atomic mass is 9.98. The average Bonchev–Trinajstić information content (AvgIpc) is 3.18. The number of aromatic nitrogens is 2. The van der Waals surface area contributed by atoms with Crippen LogP contribution >= 0.6 is 23.1 Å². The Morgan fingerprint density at radius 3 is 2.64 bits per heavy atom. The first-order valence-electron chi connectivity index (χ1n) is 15.0. The number of halogens is 1. The van der Waals surface area contributed by atoms with Crippen molar-refractivity contribution in [3.8, 4) is 5.75 Å². The first kappa shape index (κ1) is 32.2. The Morgan fingerprint density at radius 1 is 1.16 bits per heavy atom. The largest absolute Gasteiger partial charge is 0.494 e. The summed E-state index contributed by atoms with van der Waals surface area (Å²) < 4.78 is 20.1. The van der Waals surface area contributed by atoms with E-state index in [1.165, 1.54) is 0 Å². The number of benzene rings is 2. The predicted octanol–water partition coefficient (Wildman–Crippen LogP) is 6.18. The van der Waals surface area contributed by atoms with Crippen molar-refractivity contribution in [3.63, 3.8) is 0 Å². The zero-order chi connectivity index (χ0) is 31.4. The van der Waals surface area contributed by atoms with Crippen LogP contribution in [0.2, 0.25) is 0 Å². The van der Waals surface area contributed by atoms with Gasteiger partial charge in [0.1, 0.15) is 18.7 Å². The molecule has 234 valence electrons.